The number of rotatable bonds is 6. The molecule has 28 heavy (non-hydrogen) atoms. The number of benzene rings is 2. The summed E-state index contributed by atoms with van der Waals surface area (Å²) < 4.78 is 4.85. The molecule has 0 aliphatic heterocycles. The molecule has 0 saturated carbocycles. The van der Waals surface area contributed by atoms with Gasteiger partial charge in [0, 0.05) is 6.54 Å². The number of nitrogens with zero attached hydrogens (tertiary/aromatic N) is 1. The van der Waals surface area contributed by atoms with E-state index in [1.54, 1.807) is 19.1 Å². The molecule has 0 saturated heterocycles. The van der Waals surface area contributed by atoms with Crippen LogP contribution in [-0.4, -0.2) is 17.7 Å². The fourth-order valence-electron chi connectivity index (χ4n) is 2.95. The first-order valence-electron chi connectivity index (χ1n) is 9.16. The van der Waals surface area contributed by atoms with Gasteiger partial charge in [0.05, 0.1) is 12.3 Å². The third kappa shape index (κ3) is 4.59. The van der Waals surface area contributed by atoms with Crippen LogP contribution in [0, 0.1) is 6.92 Å². The summed E-state index contributed by atoms with van der Waals surface area (Å²) in [5.74, 6) is 0.858. The number of nitrogen functional groups attached to an aromatic ring is 1. The number of hydrogen-bond donors (Lipinski definition) is 3. The lowest BCUT2D eigenvalue weighted by Crippen LogP contribution is -2.15. The van der Waals surface area contributed by atoms with Gasteiger partial charge >= 0.3 is 6.09 Å². The lowest BCUT2D eigenvalue weighted by atomic mass is 9.96. The topological polar surface area (TPSA) is 89.3 Å². The van der Waals surface area contributed by atoms with Crippen LogP contribution in [0.1, 0.15) is 18.1 Å². The third-order valence-corrected chi connectivity index (χ3v) is 4.35. The van der Waals surface area contributed by atoms with Crippen molar-refractivity contribution >= 4 is 23.4 Å². The molecule has 1 aromatic heterocycles. The van der Waals surface area contributed by atoms with Crippen LogP contribution in [0.25, 0.3) is 11.1 Å². The molecule has 2 aromatic carbocycles. The number of amides is 1. The molecule has 4 N–H and O–H groups in total. The average molecular weight is 376 g/mol. The zero-order valence-electron chi connectivity index (χ0n) is 16.0. The Balaban J connectivity index is 1.74. The third-order valence-electron chi connectivity index (χ3n) is 4.35. The second kappa shape index (κ2) is 8.90. The molecule has 1 heterocycles. The SMILES string of the molecule is CCOC(=O)Nc1ccc(NCc2ccccc2-c2ccccc2C)nc1N. The van der Waals surface area contributed by atoms with Gasteiger partial charge in [0.15, 0.2) is 0 Å². The predicted octanol–water partition coefficient (Wildman–Crippen LogP) is 4.82. The highest BCUT2D eigenvalue weighted by Gasteiger charge is 2.09. The highest BCUT2D eigenvalue weighted by Crippen LogP contribution is 2.27. The molecule has 0 bridgehead atoms. The van der Waals surface area contributed by atoms with Gasteiger partial charge in [-0.1, -0.05) is 48.5 Å². The maximum Gasteiger partial charge on any atom is 0.411 e. The summed E-state index contributed by atoms with van der Waals surface area (Å²) in [5, 5.41) is 5.87. The highest BCUT2D eigenvalue weighted by atomic mass is 16.5. The number of aryl methyl sites for hydroxylation is 1. The van der Waals surface area contributed by atoms with Crippen LogP contribution in [0.5, 0.6) is 0 Å². The van der Waals surface area contributed by atoms with Gasteiger partial charge in [-0.25, -0.2) is 9.78 Å². The molecule has 0 radical (unpaired) electrons. The van der Waals surface area contributed by atoms with Crippen LogP contribution >= 0.6 is 0 Å². The van der Waals surface area contributed by atoms with Gasteiger partial charge in [0.2, 0.25) is 0 Å². The molecule has 0 fully saturated rings. The van der Waals surface area contributed by atoms with E-state index in [2.05, 4.69) is 46.8 Å². The highest BCUT2D eigenvalue weighted by molar-refractivity contribution is 5.88. The quantitative estimate of drug-likeness (QED) is 0.574. The number of carbonyl (C=O) groups is 1. The summed E-state index contributed by atoms with van der Waals surface area (Å²) >= 11 is 0. The van der Waals surface area contributed by atoms with E-state index in [1.807, 2.05) is 24.3 Å². The zero-order valence-corrected chi connectivity index (χ0v) is 16.0. The molecule has 3 aromatic rings. The fraction of sp³-hybridized carbons (Fsp3) is 0.182. The normalized spacial score (nSPS) is 10.4. The van der Waals surface area contributed by atoms with Gasteiger partial charge in [-0.3, -0.25) is 5.32 Å². The number of carbonyl (C=O) groups excluding carboxylic acids is 1. The molecule has 0 atom stereocenters. The zero-order chi connectivity index (χ0) is 19.9. The number of anilines is 3. The first-order valence-corrected chi connectivity index (χ1v) is 9.16. The largest absolute Gasteiger partial charge is 0.450 e. The molecule has 0 spiro atoms. The minimum atomic E-state index is -0.552. The van der Waals surface area contributed by atoms with Gasteiger partial charge in [0.1, 0.15) is 11.6 Å². The summed E-state index contributed by atoms with van der Waals surface area (Å²) in [7, 11) is 0. The Labute approximate surface area is 164 Å². The standard InChI is InChI=1S/C22H24N4O2/c1-3-28-22(27)25-19-12-13-20(26-21(19)23)24-14-16-9-5-7-11-18(16)17-10-6-4-8-15(17)2/h4-13H,3,14H2,1-2H3,(H,25,27)(H3,23,24,26). The molecule has 144 valence electrons. The molecule has 6 nitrogen and oxygen atoms in total. The van der Waals surface area contributed by atoms with Crippen molar-refractivity contribution in [3.8, 4) is 11.1 Å². The van der Waals surface area contributed by atoms with Crippen LogP contribution in [0.2, 0.25) is 0 Å². The van der Waals surface area contributed by atoms with Crippen LogP contribution in [-0.2, 0) is 11.3 Å². The van der Waals surface area contributed by atoms with Crippen LogP contribution < -0.4 is 16.4 Å². The lowest BCUT2D eigenvalue weighted by molar-refractivity contribution is 0.168. The van der Waals surface area contributed by atoms with E-state index < -0.39 is 6.09 Å². The Morgan fingerprint density at radius 2 is 1.75 bits per heavy atom. The average Bonchev–Trinajstić information content (AvgIpc) is 2.69. The van der Waals surface area contributed by atoms with E-state index in [9.17, 15) is 4.79 Å². The number of hydrogen-bond acceptors (Lipinski definition) is 5. The second-order valence-electron chi connectivity index (χ2n) is 6.30. The molecule has 6 heteroatoms. The minimum Gasteiger partial charge on any atom is -0.450 e. The van der Waals surface area contributed by atoms with Gasteiger partial charge < -0.3 is 15.8 Å². The van der Waals surface area contributed by atoms with Gasteiger partial charge in [0.25, 0.3) is 0 Å². The molecule has 3 rings (SSSR count). The lowest BCUT2D eigenvalue weighted by Gasteiger charge is -2.14. The van der Waals surface area contributed by atoms with E-state index >= 15 is 0 Å². The smallest absolute Gasteiger partial charge is 0.411 e. The van der Waals surface area contributed by atoms with E-state index in [0.29, 0.717) is 24.7 Å². The maximum atomic E-state index is 11.5. The fourth-order valence-corrected chi connectivity index (χ4v) is 2.95. The predicted molar refractivity (Wildman–Crippen MR) is 113 cm³/mol. The Hall–Kier alpha value is -3.54. The number of nitrogens with one attached hydrogen (secondary N) is 2. The Bertz CT molecular complexity index is 972. The van der Waals surface area contributed by atoms with Crippen molar-refractivity contribution in [2.24, 2.45) is 0 Å². The second-order valence-corrected chi connectivity index (χ2v) is 6.30. The Morgan fingerprint density at radius 1 is 1.04 bits per heavy atom. The van der Waals surface area contributed by atoms with Crippen molar-refractivity contribution in [3.63, 3.8) is 0 Å². The van der Waals surface area contributed by atoms with Crippen molar-refractivity contribution in [1.29, 1.82) is 0 Å². The van der Waals surface area contributed by atoms with E-state index in [1.165, 1.54) is 16.7 Å². The van der Waals surface area contributed by atoms with Gasteiger partial charge in [-0.05, 0) is 48.2 Å². The Morgan fingerprint density at radius 3 is 2.46 bits per heavy atom. The van der Waals surface area contributed by atoms with Crippen LogP contribution in [0.4, 0.5) is 22.1 Å². The number of aromatic nitrogens is 1. The van der Waals surface area contributed by atoms with Crippen molar-refractivity contribution in [2.75, 3.05) is 23.0 Å². The number of nitrogens with two attached hydrogens (primary N) is 1. The first kappa shape index (κ1) is 19.2. The summed E-state index contributed by atoms with van der Waals surface area (Å²) in [6, 6.07) is 20.1. The van der Waals surface area contributed by atoms with E-state index in [4.69, 9.17) is 10.5 Å². The summed E-state index contributed by atoms with van der Waals surface area (Å²) in [6.07, 6.45) is -0.552. The van der Waals surface area contributed by atoms with Gasteiger partial charge in [-0.2, -0.15) is 0 Å². The molecule has 0 aliphatic rings. The van der Waals surface area contributed by atoms with E-state index in [0.717, 1.165) is 5.56 Å². The minimum absolute atomic E-state index is 0.227. The van der Waals surface area contributed by atoms with Gasteiger partial charge in [-0.15, -0.1) is 0 Å². The van der Waals surface area contributed by atoms with Crippen LogP contribution in [0.15, 0.2) is 60.7 Å². The molecular formula is C22H24N4O2. The maximum absolute atomic E-state index is 11.5. The molecule has 0 aliphatic carbocycles. The number of pyridine rings is 1. The van der Waals surface area contributed by atoms with Crippen molar-refractivity contribution in [1.82, 2.24) is 4.98 Å². The monoisotopic (exact) mass is 376 g/mol. The summed E-state index contributed by atoms with van der Waals surface area (Å²) in [6.45, 7) is 4.74. The molecule has 1 amide bonds. The summed E-state index contributed by atoms with van der Waals surface area (Å²) in [4.78, 5) is 15.8. The summed E-state index contributed by atoms with van der Waals surface area (Å²) in [5.41, 5.74) is 11.2. The van der Waals surface area contributed by atoms with Crippen molar-refractivity contribution in [3.05, 3.63) is 71.8 Å². The molecular weight excluding hydrogens is 352 g/mol. The van der Waals surface area contributed by atoms with E-state index in [-0.39, 0.29) is 5.82 Å². The first-order chi connectivity index (χ1) is 13.6. The number of ether oxygens (including phenoxy) is 1. The van der Waals surface area contributed by atoms with Crippen LogP contribution in [0.3, 0.4) is 0 Å². The van der Waals surface area contributed by atoms with Crippen molar-refractivity contribution in [2.45, 2.75) is 20.4 Å². The molecule has 0 unspecified atom stereocenters. The Kier molecular flexibility index (Phi) is 6.11. The van der Waals surface area contributed by atoms with Crippen molar-refractivity contribution < 1.29 is 9.53 Å².